The molecule has 212 valence electrons. The topological polar surface area (TPSA) is 50.9 Å². The number of amides is 1. The number of nitrogens with one attached hydrogen (secondary N) is 2. The van der Waals surface area contributed by atoms with Crippen molar-refractivity contribution in [2.75, 3.05) is 69.1 Å². The van der Waals surface area contributed by atoms with E-state index < -0.39 is 0 Å². The molecule has 3 aliphatic rings. The van der Waals surface area contributed by atoms with Crippen molar-refractivity contribution in [3.63, 3.8) is 0 Å². The monoisotopic (exact) mass is 571 g/mol. The maximum Gasteiger partial charge on any atom is 0.224 e. The maximum atomic E-state index is 13.4. The van der Waals surface area contributed by atoms with Gasteiger partial charge in [0.05, 0.1) is 10.0 Å². The Morgan fingerprint density at radius 3 is 2.62 bits per heavy atom. The van der Waals surface area contributed by atoms with E-state index in [0.29, 0.717) is 35.0 Å². The van der Waals surface area contributed by atoms with Crippen LogP contribution in [0.2, 0.25) is 10.0 Å². The van der Waals surface area contributed by atoms with Crippen LogP contribution in [0.3, 0.4) is 0 Å². The number of carbonyl (C=O) groups is 1. The molecule has 1 saturated heterocycles. The normalized spacial score (nSPS) is 18.2. The minimum absolute atomic E-state index is 0.301. The Labute approximate surface area is 244 Å². The smallest absolute Gasteiger partial charge is 0.224 e. The highest BCUT2D eigenvalue weighted by molar-refractivity contribution is 6.42. The molecule has 0 atom stereocenters. The number of hydrogen-bond donors (Lipinski definition) is 2. The van der Waals surface area contributed by atoms with Crippen molar-refractivity contribution in [2.24, 2.45) is 0 Å². The van der Waals surface area contributed by atoms with Crippen LogP contribution in [-0.2, 0) is 17.6 Å². The summed E-state index contributed by atoms with van der Waals surface area (Å²) in [6.07, 6.45) is 8.62. The Morgan fingerprint density at radius 2 is 1.82 bits per heavy atom. The highest BCUT2D eigenvalue weighted by Crippen LogP contribution is 2.32. The van der Waals surface area contributed by atoms with Crippen LogP contribution in [-0.4, -0.2) is 80.7 Å². The summed E-state index contributed by atoms with van der Waals surface area (Å²) in [6.45, 7) is 8.60. The molecule has 0 radical (unpaired) electrons. The van der Waals surface area contributed by atoms with Crippen LogP contribution >= 0.6 is 23.2 Å². The number of anilines is 2. The molecule has 0 bridgehead atoms. The molecular weight excluding hydrogens is 529 g/mol. The molecule has 6 nitrogen and oxygen atoms in total. The van der Waals surface area contributed by atoms with Crippen molar-refractivity contribution in [1.29, 1.82) is 0 Å². The molecule has 2 heterocycles. The van der Waals surface area contributed by atoms with Gasteiger partial charge in [0.1, 0.15) is 0 Å². The molecule has 5 rings (SSSR count). The summed E-state index contributed by atoms with van der Waals surface area (Å²) in [5, 5.41) is 8.14. The number of hydrogen-bond acceptors (Lipinski definition) is 5. The number of fused-ring (bicyclic) bond motifs is 1. The number of carbonyl (C=O) groups excluding carboxylic acids is 1. The number of nitrogens with zero attached hydrogens (tertiary/aromatic N) is 3. The van der Waals surface area contributed by atoms with Gasteiger partial charge in [-0.25, -0.2) is 0 Å². The largest absolute Gasteiger partial charge is 0.384 e. The van der Waals surface area contributed by atoms with E-state index in [-0.39, 0.29) is 0 Å². The van der Waals surface area contributed by atoms with Crippen LogP contribution in [0.25, 0.3) is 0 Å². The Morgan fingerprint density at radius 1 is 1.00 bits per heavy atom. The van der Waals surface area contributed by atoms with Gasteiger partial charge >= 0.3 is 0 Å². The average Bonchev–Trinajstić information content (AvgIpc) is 3.45. The molecule has 1 amide bonds. The summed E-state index contributed by atoms with van der Waals surface area (Å²) in [6, 6.07) is 12.8. The zero-order chi connectivity index (χ0) is 27.0. The van der Waals surface area contributed by atoms with Crippen LogP contribution in [0.1, 0.15) is 49.7 Å². The van der Waals surface area contributed by atoms with Crippen molar-refractivity contribution in [3.05, 3.63) is 57.6 Å². The summed E-state index contributed by atoms with van der Waals surface area (Å²) < 4.78 is 0. The van der Waals surface area contributed by atoms with E-state index in [2.05, 4.69) is 43.5 Å². The Bertz CT molecular complexity index is 1100. The molecule has 2 aromatic carbocycles. The first kappa shape index (κ1) is 28.5. The molecule has 2 fully saturated rings. The van der Waals surface area contributed by atoms with E-state index in [4.69, 9.17) is 23.2 Å². The predicted molar refractivity (Wildman–Crippen MR) is 164 cm³/mol. The first-order valence-electron chi connectivity index (χ1n) is 14.9. The lowest BCUT2D eigenvalue weighted by atomic mass is 9.94. The summed E-state index contributed by atoms with van der Waals surface area (Å²) in [5.74, 6) is 0.301. The number of benzene rings is 2. The third-order valence-corrected chi connectivity index (χ3v) is 9.38. The third kappa shape index (κ3) is 7.60. The van der Waals surface area contributed by atoms with Crippen LogP contribution in [0.5, 0.6) is 0 Å². The molecule has 0 aromatic heterocycles. The van der Waals surface area contributed by atoms with Crippen LogP contribution < -0.4 is 15.5 Å². The maximum absolute atomic E-state index is 13.4. The summed E-state index contributed by atoms with van der Waals surface area (Å²) in [5.41, 5.74) is 5.34. The van der Waals surface area contributed by atoms with Gasteiger partial charge in [-0.05, 0) is 62.1 Å². The second-order valence-electron chi connectivity index (χ2n) is 11.2. The Balaban J connectivity index is 1.07. The second kappa shape index (κ2) is 14.1. The van der Waals surface area contributed by atoms with Crippen molar-refractivity contribution >= 4 is 40.5 Å². The first-order valence-corrected chi connectivity index (χ1v) is 15.6. The number of halogens is 2. The van der Waals surface area contributed by atoms with Gasteiger partial charge in [0.2, 0.25) is 5.91 Å². The lowest BCUT2D eigenvalue weighted by molar-refractivity contribution is -0.134. The van der Waals surface area contributed by atoms with Crippen molar-refractivity contribution in [1.82, 2.24) is 15.1 Å². The van der Waals surface area contributed by atoms with Gasteiger partial charge in [-0.1, -0.05) is 54.6 Å². The molecule has 2 N–H and O–H groups in total. The lowest BCUT2D eigenvalue weighted by Gasteiger charge is -2.39. The van der Waals surface area contributed by atoms with E-state index in [1.807, 2.05) is 18.2 Å². The van der Waals surface area contributed by atoms with Gasteiger partial charge in [0.25, 0.3) is 0 Å². The SMILES string of the molecule is O=C(CCNCCc1ccc(Cl)c(Cl)c1)N(CCN1CCN(c2cccc3c2CCN3)CC1)C1CCCCC1. The molecule has 1 aliphatic carbocycles. The first-order chi connectivity index (χ1) is 19.1. The fourth-order valence-electron chi connectivity index (χ4n) is 6.38. The third-order valence-electron chi connectivity index (χ3n) is 8.64. The van der Waals surface area contributed by atoms with Gasteiger partial charge in [0, 0.05) is 81.8 Å². The molecule has 0 unspecified atom stereocenters. The quantitative estimate of drug-likeness (QED) is 0.350. The average molecular weight is 573 g/mol. The molecule has 0 spiro atoms. The van der Waals surface area contributed by atoms with Crippen molar-refractivity contribution < 1.29 is 4.79 Å². The fourth-order valence-corrected chi connectivity index (χ4v) is 6.70. The summed E-state index contributed by atoms with van der Waals surface area (Å²) >= 11 is 12.2. The summed E-state index contributed by atoms with van der Waals surface area (Å²) in [4.78, 5) is 20.7. The van der Waals surface area contributed by atoms with E-state index in [1.165, 1.54) is 36.2 Å². The summed E-state index contributed by atoms with van der Waals surface area (Å²) in [7, 11) is 0. The Hall–Kier alpha value is -1.99. The van der Waals surface area contributed by atoms with Gasteiger partial charge in [-0.15, -0.1) is 0 Å². The molecule has 39 heavy (non-hydrogen) atoms. The van der Waals surface area contributed by atoms with E-state index in [0.717, 1.165) is 83.6 Å². The lowest BCUT2D eigenvalue weighted by Crippen LogP contribution is -2.51. The minimum atomic E-state index is 0.301. The molecular formula is C31H43Cl2N5O. The molecule has 8 heteroatoms. The Kier molecular flexibility index (Phi) is 10.3. The van der Waals surface area contributed by atoms with Gasteiger partial charge in [-0.2, -0.15) is 0 Å². The second-order valence-corrected chi connectivity index (χ2v) is 12.0. The molecule has 2 aromatic rings. The molecule has 2 aliphatic heterocycles. The highest BCUT2D eigenvalue weighted by Gasteiger charge is 2.27. The van der Waals surface area contributed by atoms with Gasteiger partial charge in [0.15, 0.2) is 0 Å². The van der Waals surface area contributed by atoms with E-state index in [1.54, 1.807) is 0 Å². The van der Waals surface area contributed by atoms with Crippen LogP contribution in [0, 0.1) is 0 Å². The van der Waals surface area contributed by atoms with Crippen molar-refractivity contribution in [3.8, 4) is 0 Å². The van der Waals surface area contributed by atoms with Crippen molar-refractivity contribution in [2.45, 2.75) is 57.4 Å². The number of rotatable bonds is 11. The zero-order valence-electron chi connectivity index (χ0n) is 23.1. The van der Waals surface area contributed by atoms with Gasteiger partial charge in [-0.3, -0.25) is 9.69 Å². The number of piperazine rings is 1. The zero-order valence-corrected chi connectivity index (χ0v) is 24.6. The van der Waals surface area contributed by atoms with E-state index in [9.17, 15) is 4.79 Å². The van der Waals surface area contributed by atoms with E-state index >= 15 is 0 Å². The van der Waals surface area contributed by atoms with Crippen LogP contribution in [0.15, 0.2) is 36.4 Å². The fraction of sp³-hybridized carbons (Fsp3) is 0.581. The van der Waals surface area contributed by atoms with Gasteiger partial charge < -0.3 is 20.4 Å². The standard InChI is InChI=1S/C31H43Cl2N5O/c32-27-10-9-24(23-28(27)33)11-14-34-15-13-31(39)38(25-5-2-1-3-6-25)22-19-36-17-20-37(21-18-36)30-8-4-7-29-26(30)12-16-35-29/h4,7-10,23,25,34-35H,1-3,5-6,11-22H2. The minimum Gasteiger partial charge on any atom is -0.384 e. The van der Waals surface area contributed by atoms with Crippen LogP contribution in [0.4, 0.5) is 11.4 Å². The predicted octanol–water partition coefficient (Wildman–Crippen LogP) is 5.47. The highest BCUT2D eigenvalue weighted by atomic mass is 35.5. The molecule has 1 saturated carbocycles.